The maximum atomic E-state index is 12.3. The summed E-state index contributed by atoms with van der Waals surface area (Å²) in [5.41, 5.74) is 1.51. The highest BCUT2D eigenvalue weighted by atomic mass is 35.5. The van der Waals surface area contributed by atoms with Crippen LogP contribution in [-0.4, -0.2) is 24.3 Å². The maximum absolute atomic E-state index is 12.3. The van der Waals surface area contributed by atoms with Gasteiger partial charge in [0.2, 0.25) is 0 Å². The molecule has 1 atom stereocenters. The summed E-state index contributed by atoms with van der Waals surface area (Å²) in [7, 11) is 0. The van der Waals surface area contributed by atoms with Crippen LogP contribution in [0.2, 0.25) is 5.02 Å². The molecule has 3 aromatic rings. The summed E-state index contributed by atoms with van der Waals surface area (Å²) in [5.74, 6) is -0.392. The highest BCUT2D eigenvalue weighted by molar-refractivity contribution is 6.32. The fraction of sp³-hybridized carbons (Fsp3) is 0.227. The van der Waals surface area contributed by atoms with Crippen LogP contribution < -0.4 is 15.7 Å². The topological polar surface area (TPSA) is 85.6 Å². The lowest BCUT2D eigenvalue weighted by Gasteiger charge is -2.16. The van der Waals surface area contributed by atoms with Gasteiger partial charge in [-0.2, -0.15) is 0 Å². The first-order chi connectivity index (χ1) is 13.8. The van der Waals surface area contributed by atoms with Crippen molar-refractivity contribution in [2.45, 2.75) is 26.3 Å². The van der Waals surface area contributed by atoms with E-state index in [0.29, 0.717) is 17.4 Å². The number of fused-ring (bicyclic) bond motifs is 1. The molecule has 3 rings (SSSR count). The Morgan fingerprint density at radius 2 is 1.90 bits per heavy atom. The van der Waals surface area contributed by atoms with Gasteiger partial charge in [-0.25, -0.2) is 4.79 Å². The van der Waals surface area contributed by atoms with Crippen LogP contribution in [0.15, 0.2) is 57.7 Å². The molecule has 0 unspecified atom stereocenters. The first-order valence-corrected chi connectivity index (χ1v) is 9.42. The van der Waals surface area contributed by atoms with Gasteiger partial charge in [-0.3, -0.25) is 9.59 Å². The van der Waals surface area contributed by atoms with E-state index in [1.807, 2.05) is 30.3 Å². The van der Waals surface area contributed by atoms with Crippen LogP contribution >= 0.6 is 11.6 Å². The molecule has 0 fully saturated rings. The van der Waals surface area contributed by atoms with E-state index in [0.717, 1.165) is 11.1 Å². The van der Waals surface area contributed by atoms with Gasteiger partial charge in [0.1, 0.15) is 11.3 Å². The first kappa shape index (κ1) is 20.6. The molecule has 2 aromatic carbocycles. The highest BCUT2D eigenvalue weighted by Gasteiger charge is 2.18. The minimum absolute atomic E-state index is 0.150. The molecular formula is C22H20ClNO5. The van der Waals surface area contributed by atoms with Gasteiger partial charge in [0.15, 0.2) is 12.4 Å². The molecule has 6 nitrogen and oxygen atoms in total. The van der Waals surface area contributed by atoms with Gasteiger partial charge in [-0.15, -0.1) is 0 Å². The third-order valence-electron chi connectivity index (χ3n) is 4.47. The number of carbonyl (C=O) groups excluding carboxylic acids is 2. The van der Waals surface area contributed by atoms with Crippen LogP contribution in [0.5, 0.6) is 5.75 Å². The third-order valence-corrected chi connectivity index (χ3v) is 4.77. The van der Waals surface area contributed by atoms with Crippen molar-refractivity contribution in [1.29, 1.82) is 0 Å². The zero-order valence-electron chi connectivity index (χ0n) is 16.0. The number of rotatable bonds is 7. The first-order valence-electron chi connectivity index (χ1n) is 9.04. The number of hydrogen-bond acceptors (Lipinski definition) is 5. The largest absolute Gasteiger partial charge is 0.482 e. The van der Waals surface area contributed by atoms with E-state index >= 15 is 0 Å². The van der Waals surface area contributed by atoms with Crippen LogP contribution in [0.1, 0.15) is 18.1 Å². The van der Waals surface area contributed by atoms with E-state index in [1.165, 1.54) is 19.1 Å². The quantitative estimate of drug-likeness (QED) is 0.599. The number of Topliss-reactive ketones (excluding diaryl/α,β-unsaturated/α-hetero) is 1. The molecule has 7 heteroatoms. The molecule has 29 heavy (non-hydrogen) atoms. The molecule has 1 N–H and O–H groups in total. The van der Waals surface area contributed by atoms with E-state index in [9.17, 15) is 14.4 Å². The Morgan fingerprint density at radius 3 is 2.59 bits per heavy atom. The van der Waals surface area contributed by atoms with E-state index in [4.69, 9.17) is 20.8 Å². The second-order valence-corrected chi connectivity index (χ2v) is 7.14. The van der Waals surface area contributed by atoms with Gasteiger partial charge in [-0.1, -0.05) is 41.9 Å². The number of amides is 1. The van der Waals surface area contributed by atoms with Crippen molar-refractivity contribution < 1.29 is 18.7 Å². The number of benzene rings is 2. The fourth-order valence-electron chi connectivity index (χ4n) is 2.96. The molecule has 0 aliphatic carbocycles. The van der Waals surface area contributed by atoms with E-state index < -0.39 is 17.6 Å². The van der Waals surface area contributed by atoms with Crippen molar-refractivity contribution in [3.63, 3.8) is 0 Å². The van der Waals surface area contributed by atoms with Crippen molar-refractivity contribution in [3.05, 3.63) is 75.1 Å². The number of carbonyl (C=O) groups is 2. The van der Waals surface area contributed by atoms with Gasteiger partial charge in [0, 0.05) is 17.5 Å². The van der Waals surface area contributed by atoms with Gasteiger partial charge in [0.25, 0.3) is 5.91 Å². The monoisotopic (exact) mass is 413 g/mol. The molecule has 1 aromatic heterocycles. The van der Waals surface area contributed by atoms with Crippen molar-refractivity contribution in [2.24, 2.45) is 0 Å². The normalized spacial score (nSPS) is 11.8. The summed E-state index contributed by atoms with van der Waals surface area (Å²) in [6.45, 7) is 2.87. The average Bonchev–Trinajstić information content (AvgIpc) is 2.67. The van der Waals surface area contributed by atoms with Crippen LogP contribution in [-0.2, 0) is 16.0 Å². The lowest BCUT2D eigenvalue weighted by Crippen LogP contribution is -2.43. The predicted octanol–water partition coefficient (Wildman–Crippen LogP) is 3.45. The summed E-state index contributed by atoms with van der Waals surface area (Å²) in [6.07, 6.45) is 0.392. The van der Waals surface area contributed by atoms with E-state index in [1.54, 1.807) is 13.0 Å². The fourth-order valence-corrected chi connectivity index (χ4v) is 3.17. The van der Waals surface area contributed by atoms with E-state index in [-0.39, 0.29) is 23.2 Å². The summed E-state index contributed by atoms with van der Waals surface area (Å²) in [6, 6.07) is 13.2. The average molecular weight is 414 g/mol. The SMILES string of the molecule is CC(=O)[C@@H](Cc1ccccc1)NC(=O)COc1cc2oc(=O)cc(C)c2cc1Cl. The Morgan fingerprint density at radius 1 is 1.17 bits per heavy atom. The third kappa shape index (κ3) is 5.23. The highest BCUT2D eigenvalue weighted by Crippen LogP contribution is 2.30. The molecule has 0 saturated carbocycles. The lowest BCUT2D eigenvalue weighted by molar-refractivity contribution is -0.128. The molecule has 0 aliphatic rings. The second-order valence-electron chi connectivity index (χ2n) is 6.74. The summed E-state index contributed by atoms with van der Waals surface area (Å²) >= 11 is 6.23. The van der Waals surface area contributed by atoms with Gasteiger partial charge in [-0.05, 0) is 37.5 Å². The smallest absolute Gasteiger partial charge is 0.336 e. The van der Waals surface area contributed by atoms with Gasteiger partial charge >= 0.3 is 5.63 Å². The second kappa shape index (κ2) is 8.92. The lowest BCUT2D eigenvalue weighted by atomic mass is 10.0. The molecule has 0 aliphatic heterocycles. The van der Waals surface area contributed by atoms with Crippen LogP contribution in [0.25, 0.3) is 11.0 Å². The number of aryl methyl sites for hydroxylation is 1. The Balaban J connectivity index is 1.68. The summed E-state index contributed by atoms with van der Waals surface area (Å²) < 4.78 is 10.7. The number of halogens is 1. The van der Waals surface area contributed by atoms with Crippen LogP contribution in [0.4, 0.5) is 0 Å². The molecule has 0 saturated heterocycles. The van der Waals surface area contributed by atoms with Crippen LogP contribution in [0, 0.1) is 6.92 Å². The predicted molar refractivity (Wildman–Crippen MR) is 110 cm³/mol. The summed E-state index contributed by atoms with van der Waals surface area (Å²) in [5, 5.41) is 3.65. The zero-order chi connectivity index (χ0) is 21.0. The Bertz CT molecular complexity index is 1110. The molecule has 0 bridgehead atoms. The van der Waals surface area contributed by atoms with Crippen LogP contribution in [0.3, 0.4) is 0 Å². The molecular weight excluding hydrogens is 394 g/mol. The molecule has 0 radical (unpaired) electrons. The molecule has 0 spiro atoms. The number of hydrogen-bond donors (Lipinski definition) is 1. The van der Waals surface area contributed by atoms with Crippen molar-refractivity contribution in [3.8, 4) is 5.75 Å². The zero-order valence-corrected chi connectivity index (χ0v) is 16.8. The van der Waals surface area contributed by atoms with E-state index in [2.05, 4.69) is 5.32 Å². The minimum atomic E-state index is -0.652. The standard InChI is InChI=1S/C22H20ClNO5/c1-13-8-22(27)29-19-11-20(17(23)10-16(13)19)28-12-21(26)24-18(14(2)25)9-15-6-4-3-5-7-15/h3-8,10-11,18H,9,12H2,1-2H3,(H,24,26)/t18-/m1/s1. The van der Waals surface area contributed by atoms with Gasteiger partial charge < -0.3 is 14.5 Å². The number of ketones is 1. The minimum Gasteiger partial charge on any atom is -0.482 e. The molecule has 150 valence electrons. The number of ether oxygens (including phenoxy) is 1. The maximum Gasteiger partial charge on any atom is 0.336 e. The van der Waals surface area contributed by atoms with Gasteiger partial charge in [0.05, 0.1) is 11.1 Å². The Hall–Kier alpha value is -3.12. The van der Waals surface area contributed by atoms with Crippen molar-refractivity contribution in [2.75, 3.05) is 6.61 Å². The Labute approximate surface area is 172 Å². The Kier molecular flexibility index (Phi) is 6.34. The van der Waals surface area contributed by atoms with Crippen molar-refractivity contribution >= 4 is 34.3 Å². The molecule has 1 heterocycles. The molecule has 1 amide bonds. The van der Waals surface area contributed by atoms with Crippen molar-refractivity contribution in [1.82, 2.24) is 5.32 Å². The number of nitrogens with one attached hydrogen (secondary N) is 1. The summed E-state index contributed by atoms with van der Waals surface area (Å²) in [4.78, 5) is 35.8.